The molecule has 0 aliphatic rings. The highest BCUT2D eigenvalue weighted by Gasteiger charge is 1.88. The van der Waals surface area contributed by atoms with Gasteiger partial charge in [0.2, 0.25) is 0 Å². The molecule has 0 atom stereocenters. The summed E-state index contributed by atoms with van der Waals surface area (Å²) in [7, 11) is 0. The van der Waals surface area contributed by atoms with Gasteiger partial charge < -0.3 is 0 Å². The van der Waals surface area contributed by atoms with E-state index >= 15 is 0 Å². The molecule has 0 bridgehead atoms. The number of rotatable bonds is 1. The predicted octanol–water partition coefficient (Wildman–Crippen LogP) is 2.70. The molecule has 0 aliphatic carbocycles. The maximum absolute atomic E-state index is 5.70. The highest BCUT2D eigenvalue weighted by Crippen LogP contribution is 2.09. The SMILES string of the molecule is CCc1[c]ccc(Cl)c1. The Morgan fingerprint density at radius 2 is 2.44 bits per heavy atom. The summed E-state index contributed by atoms with van der Waals surface area (Å²) in [6.07, 6.45) is 1.00. The van der Waals surface area contributed by atoms with Crippen molar-refractivity contribution in [2.75, 3.05) is 0 Å². The number of hydrogen-bond donors (Lipinski definition) is 0. The molecule has 0 nitrogen and oxygen atoms in total. The van der Waals surface area contributed by atoms with E-state index in [1.54, 1.807) is 0 Å². The summed E-state index contributed by atoms with van der Waals surface area (Å²) in [5, 5.41) is 0.797. The van der Waals surface area contributed by atoms with Gasteiger partial charge in [0.15, 0.2) is 0 Å². The van der Waals surface area contributed by atoms with Gasteiger partial charge in [-0.1, -0.05) is 24.6 Å². The Morgan fingerprint density at radius 1 is 1.67 bits per heavy atom. The normalized spacial score (nSPS) is 9.56. The molecule has 0 aromatic heterocycles. The number of hydrogen-bond acceptors (Lipinski definition) is 0. The van der Waals surface area contributed by atoms with Crippen molar-refractivity contribution in [1.29, 1.82) is 0 Å². The van der Waals surface area contributed by atoms with Crippen LogP contribution in [0.5, 0.6) is 0 Å². The smallest absolute Gasteiger partial charge is 0.0409 e. The summed E-state index contributed by atoms with van der Waals surface area (Å²) in [6.45, 7) is 2.09. The van der Waals surface area contributed by atoms with Crippen molar-refractivity contribution in [3.63, 3.8) is 0 Å². The average Bonchev–Trinajstić information content (AvgIpc) is 1.88. The third-order valence-corrected chi connectivity index (χ3v) is 1.44. The summed E-state index contributed by atoms with van der Waals surface area (Å²) in [6, 6.07) is 8.69. The van der Waals surface area contributed by atoms with Crippen molar-refractivity contribution in [3.8, 4) is 0 Å². The third kappa shape index (κ3) is 1.72. The van der Waals surface area contributed by atoms with Crippen LogP contribution in [0.25, 0.3) is 0 Å². The van der Waals surface area contributed by atoms with Crippen LogP contribution < -0.4 is 0 Å². The van der Waals surface area contributed by atoms with Crippen LogP contribution in [0.2, 0.25) is 5.02 Å². The minimum Gasteiger partial charge on any atom is -0.0843 e. The highest BCUT2D eigenvalue weighted by molar-refractivity contribution is 6.30. The maximum Gasteiger partial charge on any atom is 0.0409 e. The van der Waals surface area contributed by atoms with E-state index in [0.717, 1.165) is 11.4 Å². The molecule has 1 rings (SSSR count). The van der Waals surface area contributed by atoms with Gasteiger partial charge in [-0.25, -0.2) is 0 Å². The van der Waals surface area contributed by atoms with Gasteiger partial charge in [0.05, 0.1) is 0 Å². The highest BCUT2D eigenvalue weighted by atomic mass is 35.5. The van der Waals surface area contributed by atoms with Crippen LogP contribution in [0.3, 0.4) is 0 Å². The lowest BCUT2D eigenvalue weighted by molar-refractivity contribution is 1.14. The van der Waals surface area contributed by atoms with Crippen molar-refractivity contribution in [2.24, 2.45) is 0 Å². The lowest BCUT2D eigenvalue weighted by Gasteiger charge is -1.92. The van der Waals surface area contributed by atoms with Crippen LogP contribution >= 0.6 is 11.6 Å². The number of halogens is 1. The summed E-state index contributed by atoms with van der Waals surface area (Å²) >= 11 is 5.70. The zero-order chi connectivity index (χ0) is 6.69. The largest absolute Gasteiger partial charge is 0.0843 e. The first-order chi connectivity index (χ1) is 4.33. The molecule has 1 aromatic carbocycles. The first kappa shape index (κ1) is 6.63. The first-order valence-corrected chi connectivity index (χ1v) is 3.37. The van der Waals surface area contributed by atoms with Crippen molar-refractivity contribution < 1.29 is 0 Å². The number of benzene rings is 1. The first-order valence-electron chi connectivity index (χ1n) is 2.99. The fourth-order valence-corrected chi connectivity index (χ4v) is 0.883. The van der Waals surface area contributed by atoms with Crippen molar-refractivity contribution in [1.82, 2.24) is 0 Å². The minimum atomic E-state index is 0.797. The van der Waals surface area contributed by atoms with Gasteiger partial charge in [-0.2, -0.15) is 0 Å². The van der Waals surface area contributed by atoms with Gasteiger partial charge in [0.1, 0.15) is 0 Å². The Morgan fingerprint density at radius 3 is 2.89 bits per heavy atom. The average molecular weight is 140 g/mol. The third-order valence-electron chi connectivity index (χ3n) is 1.20. The second kappa shape index (κ2) is 2.88. The molecule has 1 aromatic rings. The molecule has 47 valence electrons. The van der Waals surface area contributed by atoms with Crippen LogP contribution in [0.1, 0.15) is 12.5 Å². The molecule has 0 N–H and O–H groups in total. The van der Waals surface area contributed by atoms with Crippen LogP contribution in [-0.2, 0) is 6.42 Å². The van der Waals surface area contributed by atoms with Crippen molar-refractivity contribution in [3.05, 3.63) is 34.9 Å². The second-order valence-electron chi connectivity index (χ2n) is 1.89. The van der Waals surface area contributed by atoms with E-state index in [9.17, 15) is 0 Å². The van der Waals surface area contributed by atoms with Crippen LogP contribution in [0.4, 0.5) is 0 Å². The molecule has 0 fully saturated rings. The van der Waals surface area contributed by atoms with Crippen LogP contribution in [0.15, 0.2) is 18.2 Å². The van der Waals surface area contributed by atoms with Gasteiger partial charge in [-0.3, -0.25) is 0 Å². The Labute approximate surface area is 60.5 Å². The Hall–Kier alpha value is -0.490. The van der Waals surface area contributed by atoms with E-state index in [-0.39, 0.29) is 0 Å². The molecular formula is C8H8Cl. The summed E-state index contributed by atoms with van der Waals surface area (Å²) < 4.78 is 0. The van der Waals surface area contributed by atoms with Crippen molar-refractivity contribution in [2.45, 2.75) is 13.3 Å². The molecule has 0 amide bonds. The molecule has 9 heavy (non-hydrogen) atoms. The van der Waals surface area contributed by atoms with E-state index < -0.39 is 0 Å². The molecule has 1 heteroatoms. The van der Waals surface area contributed by atoms with Gasteiger partial charge in [-0.05, 0) is 30.2 Å². The molecule has 0 saturated heterocycles. The fourth-order valence-electron chi connectivity index (χ4n) is 0.689. The quantitative estimate of drug-likeness (QED) is 0.561. The van der Waals surface area contributed by atoms with Gasteiger partial charge in [-0.15, -0.1) is 0 Å². The topological polar surface area (TPSA) is 0 Å². The van der Waals surface area contributed by atoms with E-state index in [1.165, 1.54) is 5.56 Å². The Bertz CT molecular complexity index is 194. The van der Waals surface area contributed by atoms with Gasteiger partial charge in [0.25, 0.3) is 0 Å². The summed E-state index contributed by atoms with van der Waals surface area (Å²) in [4.78, 5) is 0. The molecule has 1 radical (unpaired) electrons. The van der Waals surface area contributed by atoms with Crippen LogP contribution in [0, 0.1) is 6.07 Å². The summed E-state index contributed by atoms with van der Waals surface area (Å²) in [5.41, 5.74) is 1.17. The van der Waals surface area contributed by atoms with E-state index in [2.05, 4.69) is 13.0 Å². The lowest BCUT2D eigenvalue weighted by atomic mass is 10.2. The summed E-state index contributed by atoms with van der Waals surface area (Å²) in [5.74, 6) is 0. The Balaban J connectivity index is 2.94. The Kier molecular flexibility index (Phi) is 2.12. The number of aryl methyl sites for hydroxylation is 1. The molecular weight excluding hydrogens is 132 g/mol. The lowest BCUT2D eigenvalue weighted by Crippen LogP contribution is -1.77. The maximum atomic E-state index is 5.70. The zero-order valence-electron chi connectivity index (χ0n) is 5.32. The molecule has 0 unspecified atom stereocenters. The minimum absolute atomic E-state index is 0.797. The van der Waals surface area contributed by atoms with E-state index in [0.29, 0.717) is 0 Å². The van der Waals surface area contributed by atoms with E-state index in [1.807, 2.05) is 18.2 Å². The predicted molar refractivity (Wildman–Crippen MR) is 39.7 cm³/mol. The molecule has 0 heterocycles. The zero-order valence-corrected chi connectivity index (χ0v) is 6.07. The monoisotopic (exact) mass is 139 g/mol. The van der Waals surface area contributed by atoms with Gasteiger partial charge >= 0.3 is 0 Å². The fraction of sp³-hybridized carbons (Fsp3) is 0.250. The standard InChI is InChI=1S/C8H8Cl/c1-2-7-4-3-5-8(9)6-7/h3,5-6H,2H2,1H3. The second-order valence-corrected chi connectivity index (χ2v) is 2.32. The molecule has 0 saturated carbocycles. The van der Waals surface area contributed by atoms with E-state index in [4.69, 9.17) is 11.6 Å². The molecule has 0 aliphatic heterocycles. The van der Waals surface area contributed by atoms with Gasteiger partial charge in [0, 0.05) is 5.02 Å². The van der Waals surface area contributed by atoms with Crippen molar-refractivity contribution >= 4 is 11.6 Å². The van der Waals surface area contributed by atoms with Crippen LogP contribution in [-0.4, -0.2) is 0 Å². The molecule has 0 spiro atoms.